The van der Waals surface area contributed by atoms with Crippen molar-refractivity contribution in [2.45, 2.75) is 23.1 Å². The highest BCUT2D eigenvalue weighted by atomic mass is 79.9. The van der Waals surface area contributed by atoms with Crippen molar-refractivity contribution in [2.75, 3.05) is 7.11 Å². The van der Waals surface area contributed by atoms with Gasteiger partial charge in [0.15, 0.2) is 0 Å². The zero-order chi connectivity index (χ0) is 14.5. The average Bonchev–Trinajstić information content (AvgIpc) is 2.46. The Morgan fingerprint density at radius 3 is 2.15 bits per heavy atom. The molecule has 0 aliphatic heterocycles. The van der Waals surface area contributed by atoms with Gasteiger partial charge in [-0.2, -0.15) is 0 Å². The van der Waals surface area contributed by atoms with Crippen molar-refractivity contribution >= 4 is 27.7 Å². The van der Waals surface area contributed by atoms with Gasteiger partial charge in [0.2, 0.25) is 0 Å². The predicted octanol–water partition coefficient (Wildman–Crippen LogP) is 4.64. The van der Waals surface area contributed by atoms with Crippen molar-refractivity contribution < 1.29 is 4.74 Å². The van der Waals surface area contributed by atoms with Gasteiger partial charge in [0.25, 0.3) is 0 Å². The quantitative estimate of drug-likeness (QED) is 0.797. The first kappa shape index (κ1) is 15.4. The van der Waals surface area contributed by atoms with Gasteiger partial charge in [0.05, 0.1) is 7.11 Å². The van der Waals surface area contributed by atoms with E-state index < -0.39 is 0 Å². The normalized spacial score (nSPS) is 13.8. The lowest BCUT2D eigenvalue weighted by atomic mass is 10.1. The molecule has 2 aromatic carbocycles. The minimum absolute atomic E-state index is 0.0667. The van der Waals surface area contributed by atoms with Crippen molar-refractivity contribution in [3.05, 3.63) is 58.6 Å². The molecule has 0 spiro atoms. The van der Waals surface area contributed by atoms with Gasteiger partial charge in [-0.1, -0.05) is 28.1 Å². The minimum Gasteiger partial charge on any atom is -0.497 e. The van der Waals surface area contributed by atoms with Crippen molar-refractivity contribution in [3.8, 4) is 5.75 Å². The van der Waals surface area contributed by atoms with Gasteiger partial charge in [-0.05, 0) is 48.9 Å². The van der Waals surface area contributed by atoms with E-state index in [9.17, 15) is 0 Å². The summed E-state index contributed by atoms with van der Waals surface area (Å²) in [6.07, 6.45) is 0. The monoisotopic (exact) mass is 351 g/mol. The third-order valence-electron chi connectivity index (χ3n) is 3.00. The van der Waals surface area contributed by atoms with Crippen LogP contribution in [0, 0.1) is 0 Å². The van der Waals surface area contributed by atoms with E-state index in [1.165, 1.54) is 10.5 Å². The fraction of sp³-hybridized carbons (Fsp3) is 0.250. The van der Waals surface area contributed by atoms with Crippen molar-refractivity contribution in [1.82, 2.24) is 0 Å². The molecule has 2 unspecified atom stereocenters. The highest BCUT2D eigenvalue weighted by Crippen LogP contribution is 2.38. The Morgan fingerprint density at radius 1 is 1.05 bits per heavy atom. The molecule has 0 aliphatic carbocycles. The summed E-state index contributed by atoms with van der Waals surface area (Å²) in [6.45, 7) is 2.04. The van der Waals surface area contributed by atoms with E-state index in [2.05, 4.69) is 52.3 Å². The summed E-state index contributed by atoms with van der Waals surface area (Å²) >= 11 is 5.24. The predicted molar refractivity (Wildman–Crippen MR) is 89.4 cm³/mol. The number of hydrogen-bond donors (Lipinski definition) is 1. The Morgan fingerprint density at radius 2 is 1.65 bits per heavy atom. The van der Waals surface area contributed by atoms with Gasteiger partial charge in [-0.3, -0.25) is 0 Å². The number of halogens is 1. The summed E-state index contributed by atoms with van der Waals surface area (Å²) in [5, 5.41) is 0.224. The molecule has 106 valence electrons. The van der Waals surface area contributed by atoms with Gasteiger partial charge in [0, 0.05) is 20.7 Å². The third kappa shape index (κ3) is 4.01. The minimum atomic E-state index is 0.0667. The molecule has 0 bridgehead atoms. The summed E-state index contributed by atoms with van der Waals surface area (Å²) in [5.41, 5.74) is 7.37. The molecular formula is C16H18BrNOS. The van der Waals surface area contributed by atoms with Crippen LogP contribution in [0.5, 0.6) is 5.75 Å². The Hall–Kier alpha value is -0.970. The smallest absolute Gasteiger partial charge is 0.118 e. The van der Waals surface area contributed by atoms with Crippen LogP contribution in [-0.2, 0) is 0 Å². The van der Waals surface area contributed by atoms with Crippen LogP contribution >= 0.6 is 27.7 Å². The van der Waals surface area contributed by atoms with Crippen LogP contribution in [0.15, 0.2) is 57.9 Å². The molecule has 2 aromatic rings. The number of thioether (sulfide) groups is 1. The van der Waals surface area contributed by atoms with E-state index in [4.69, 9.17) is 10.5 Å². The Bertz CT molecular complexity index is 539. The summed E-state index contributed by atoms with van der Waals surface area (Å²) < 4.78 is 6.28. The first-order chi connectivity index (χ1) is 9.60. The largest absolute Gasteiger partial charge is 0.497 e. The molecule has 0 radical (unpaired) electrons. The topological polar surface area (TPSA) is 35.2 Å². The molecule has 20 heavy (non-hydrogen) atoms. The number of benzene rings is 2. The molecule has 0 aliphatic rings. The second-order valence-electron chi connectivity index (χ2n) is 4.62. The standard InChI is InChI=1S/C16H18BrNOS/c1-11(18)16(12-3-7-14(19-2)8-4-12)20-15-9-5-13(17)6-10-15/h3-11,16H,18H2,1-2H3. The molecule has 0 amide bonds. The van der Waals surface area contributed by atoms with Crippen LogP contribution in [-0.4, -0.2) is 13.2 Å². The van der Waals surface area contributed by atoms with E-state index in [1.54, 1.807) is 18.9 Å². The fourth-order valence-corrected chi connectivity index (χ4v) is 3.29. The molecule has 0 saturated heterocycles. The lowest BCUT2D eigenvalue weighted by molar-refractivity contribution is 0.414. The SMILES string of the molecule is COc1ccc(C(Sc2ccc(Br)cc2)C(C)N)cc1. The zero-order valence-electron chi connectivity index (χ0n) is 11.5. The van der Waals surface area contributed by atoms with E-state index in [0.29, 0.717) is 0 Å². The molecule has 2 rings (SSSR count). The molecule has 2 N–H and O–H groups in total. The zero-order valence-corrected chi connectivity index (χ0v) is 13.9. The maximum atomic E-state index is 6.16. The highest BCUT2D eigenvalue weighted by Gasteiger charge is 2.17. The van der Waals surface area contributed by atoms with Crippen LogP contribution < -0.4 is 10.5 Å². The lowest BCUT2D eigenvalue weighted by Gasteiger charge is -2.21. The Kier molecular flexibility index (Phi) is 5.52. The first-order valence-corrected chi connectivity index (χ1v) is 8.09. The van der Waals surface area contributed by atoms with Gasteiger partial charge in [-0.15, -0.1) is 11.8 Å². The van der Waals surface area contributed by atoms with Gasteiger partial charge in [0.1, 0.15) is 5.75 Å². The number of methoxy groups -OCH3 is 1. The van der Waals surface area contributed by atoms with E-state index in [1.807, 2.05) is 19.1 Å². The summed E-state index contributed by atoms with van der Waals surface area (Å²) in [6, 6.07) is 16.5. The van der Waals surface area contributed by atoms with Crippen molar-refractivity contribution in [1.29, 1.82) is 0 Å². The fourth-order valence-electron chi connectivity index (χ4n) is 1.93. The first-order valence-electron chi connectivity index (χ1n) is 6.42. The second-order valence-corrected chi connectivity index (χ2v) is 6.76. The molecular weight excluding hydrogens is 334 g/mol. The molecule has 0 heterocycles. The molecule has 0 aromatic heterocycles. The summed E-state index contributed by atoms with van der Waals surface area (Å²) in [5.74, 6) is 0.866. The van der Waals surface area contributed by atoms with Gasteiger partial charge >= 0.3 is 0 Å². The Balaban J connectivity index is 2.19. The summed E-state index contributed by atoms with van der Waals surface area (Å²) in [7, 11) is 1.68. The molecule has 0 saturated carbocycles. The number of nitrogens with two attached hydrogens (primary N) is 1. The average molecular weight is 352 g/mol. The van der Waals surface area contributed by atoms with E-state index in [0.717, 1.165) is 10.2 Å². The highest BCUT2D eigenvalue weighted by molar-refractivity contribution is 9.10. The third-order valence-corrected chi connectivity index (χ3v) is 5.03. The van der Waals surface area contributed by atoms with Crippen LogP contribution in [0.2, 0.25) is 0 Å². The van der Waals surface area contributed by atoms with Crippen molar-refractivity contribution in [2.24, 2.45) is 5.73 Å². The lowest BCUT2D eigenvalue weighted by Crippen LogP contribution is -2.22. The van der Waals surface area contributed by atoms with Gasteiger partial charge < -0.3 is 10.5 Å². The molecule has 4 heteroatoms. The molecule has 2 atom stereocenters. The maximum absolute atomic E-state index is 6.16. The number of rotatable bonds is 5. The summed E-state index contributed by atoms with van der Waals surface area (Å²) in [4.78, 5) is 1.21. The number of ether oxygens (including phenoxy) is 1. The van der Waals surface area contributed by atoms with Gasteiger partial charge in [-0.25, -0.2) is 0 Å². The van der Waals surface area contributed by atoms with E-state index >= 15 is 0 Å². The van der Waals surface area contributed by atoms with Crippen LogP contribution in [0.3, 0.4) is 0 Å². The second kappa shape index (κ2) is 7.16. The molecule has 0 fully saturated rings. The van der Waals surface area contributed by atoms with Crippen LogP contribution in [0.25, 0.3) is 0 Å². The van der Waals surface area contributed by atoms with Crippen molar-refractivity contribution in [3.63, 3.8) is 0 Å². The van der Waals surface area contributed by atoms with Crippen LogP contribution in [0.4, 0.5) is 0 Å². The van der Waals surface area contributed by atoms with E-state index in [-0.39, 0.29) is 11.3 Å². The molecule has 2 nitrogen and oxygen atoms in total. The Labute approximate surface area is 132 Å². The number of hydrogen-bond acceptors (Lipinski definition) is 3. The maximum Gasteiger partial charge on any atom is 0.118 e. The van der Waals surface area contributed by atoms with Crippen LogP contribution in [0.1, 0.15) is 17.7 Å².